The number of benzene rings is 1. The zero-order valence-electron chi connectivity index (χ0n) is 24.7. The number of ether oxygens (including phenoxy) is 1. The van der Waals surface area contributed by atoms with Crippen molar-refractivity contribution in [2.24, 2.45) is 0 Å². The first-order valence-electron chi connectivity index (χ1n) is 14.2. The number of sulfonamides is 1. The monoisotopic (exact) mass is 604 g/mol. The van der Waals surface area contributed by atoms with E-state index < -0.39 is 15.6 Å². The predicted molar refractivity (Wildman–Crippen MR) is 167 cm³/mol. The van der Waals surface area contributed by atoms with Crippen molar-refractivity contribution in [1.82, 2.24) is 29.5 Å². The minimum absolute atomic E-state index is 0.00807. The summed E-state index contributed by atoms with van der Waals surface area (Å²) in [6, 6.07) is 7.70. The van der Waals surface area contributed by atoms with Crippen molar-refractivity contribution in [3.63, 3.8) is 0 Å². The van der Waals surface area contributed by atoms with E-state index in [1.807, 2.05) is 32.9 Å². The topological polar surface area (TPSA) is 144 Å². The fraction of sp³-hybridized carbons (Fsp3) is 0.367. The first kappa shape index (κ1) is 30.0. The molecule has 1 saturated heterocycles. The molecule has 2 N–H and O–H groups in total. The molecule has 13 heteroatoms. The van der Waals surface area contributed by atoms with Crippen molar-refractivity contribution >= 4 is 44.3 Å². The zero-order valence-corrected chi connectivity index (χ0v) is 25.6. The van der Waals surface area contributed by atoms with E-state index in [9.17, 15) is 13.2 Å². The van der Waals surface area contributed by atoms with Crippen LogP contribution in [-0.4, -0.2) is 68.7 Å². The lowest BCUT2D eigenvalue weighted by Gasteiger charge is -2.34. The van der Waals surface area contributed by atoms with E-state index >= 15 is 0 Å². The molecule has 5 rings (SSSR count). The maximum absolute atomic E-state index is 12.6. The number of carbonyl (C=O) groups excluding carboxylic acids is 1. The highest BCUT2D eigenvalue weighted by molar-refractivity contribution is 7.95. The van der Waals surface area contributed by atoms with E-state index in [4.69, 9.17) is 9.72 Å². The third-order valence-corrected chi connectivity index (χ3v) is 7.92. The summed E-state index contributed by atoms with van der Waals surface area (Å²) in [5.74, 6) is 0.674. The number of aryl methyl sites for hydroxylation is 1. The Labute approximate surface area is 250 Å². The Morgan fingerprint density at radius 3 is 2.79 bits per heavy atom. The fourth-order valence-electron chi connectivity index (χ4n) is 5.03. The molecular formula is C30H36N8O4S. The van der Waals surface area contributed by atoms with Gasteiger partial charge in [0, 0.05) is 36.3 Å². The van der Waals surface area contributed by atoms with Crippen LogP contribution in [0.5, 0.6) is 0 Å². The maximum atomic E-state index is 12.6. The molecule has 1 aliphatic rings. The van der Waals surface area contributed by atoms with Crippen LogP contribution in [-0.2, 0) is 21.2 Å². The molecule has 0 saturated carbocycles. The number of anilines is 2. The second-order valence-electron chi connectivity index (χ2n) is 11.4. The minimum Gasteiger partial charge on any atom is -0.444 e. The summed E-state index contributed by atoms with van der Waals surface area (Å²) in [7, 11) is -3.77. The lowest BCUT2D eigenvalue weighted by atomic mass is 10.0. The SMILES string of the molecule is C=C/C=C\S(=O)(=O)Nc1ncnn2c(-c3cc(CC)c4nc(N[C@H]5CCCN(C(=O)OC(C)(C)C)C5)ncc4c3)ccc12. The van der Waals surface area contributed by atoms with Crippen LogP contribution in [0.25, 0.3) is 27.7 Å². The highest BCUT2D eigenvalue weighted by Crippen LogP contribution is 2.30. The predicted octanol–water partition coefficient (Wildman–Crippen LogP) is 5.15. The second-order valence-corrected chi connectivity index (χ2v) is 12.9. The van der Waals surface area contributed by atoms with Gasteiger partial charge in [-0.05, 0) is 75.9 Å². The fourth-order valence-corrected chi connectivity index (χ4v) is 5.85. The number of rotatable bonds is 8. The van der Waals surface area contributed by atoms with Crippen LogP contribution in [0.1, 0.15) is 46.1 Å². The van der Waals surface area contributed by atoms with E-state index in [2.05, 4.69) is 44.7 Å². The molecule has 226 valence electrons. The molecule has 12 nitrogen and oxygen atoms in total. The Bertz CT molecular complexity index is 1810. The molecule has 0 unspecified atom stereocenters. The van der Waals surface area contributed by atoms with Gasteiger partial charge in [-0.1, -0.05) is 19.6 Å². The lowest BCUT2D eigenvalue weighted by molar-refractivity contribution is 0.0206. The van der Waals surface area contributed by atoms with Crippen LogP contribution in [0.3, 0.4) is 0 Å². The van der Waals surface area contributed by atoms with Crippen LogP contribution in [0.4, 0.5) is 16.6 Å². The number of carbonyl (C=O) groups is 1. The number of aromatic nitrogens is 5. The summed E-state index contributed by atoms with van der Waals surface area (Å²) in [5.41, 5.74) is 3.47. The molecule has 0 radical (unpaired) electrons. The first-order valence-corrected chi connectivity index (χ1v) is 15.7. The molecule has 1 aliphatic heterocycles. The number of nitrogens with zero attached hydrogens (tertiary/aromatic N) is 6. The molecule has 1 atom stereocenters. The Morgan fingerprint density at radius 1 is 1.23 bits per heavy atom. The van der Waals surface area contributed by atoms with E-state index in [1.165, 1.54) is 18.5 Å². The Balaban J connectivity index is 1.40. The average molecular weight is 605 g/mol. The number of hydrogen-bond acceptors (Lipinski definition) is 9. The van der Waals surface area contributed by atoms with Gasteiger partial charge in [0.2, 0.25) is 5.95 Å². The van der Waals surface area contributed by atoms with Crippen molar-refractivity contribution in [2.45, 2.75) is 58.6 Å². The number of allylic oxidation sites excluding steroid dienone is 2. The molecule has 3 aromatic heterocycles. The van der Waals surface area contributed by atoms with Crippen LogP contribution in [0, 0.1) is 0 Å². The maximum Gasteiger partial charge on any atom is 0.410 e. The van der Waals surface area contributed by atoms with Gasteiger partial charge in [-0.15, -0.1) is 0 Å². The number of nitrogens with one attached hydrogen (secondary N) is 2. The largest absolute Gasteiger partial charge is 0.444 e. The van der Waals surface area contributed by atoms with Crippen LogP contribution in [0.2, 0.25) is 0 Å². The average Bonchev–Trinajstić information content (AvgIpc) is 3.40. The number of piperidine rings is 1. The summed E-state index contributed by atoms with van der Waals surface area (Å²) < 4.78 is 34.5. The van der Waals surface area contributed by atoms with Gasteiger partial charge in [-0.3, -0.25) is 4.72 Å². The Kier molecular flexibility index (Phi) is 8.36. The first-order chi connectivity index (χ1) is 20.5. The van der Waals surface area contributed by atoms with Crippen molar-refractivity contribution in [3.8, 4) is 11.3 Å². The third-order valence-electron chi connectivity index (χ3n) is 6.93. The molecule has 0 aliphatic carbocycles. The molecule has 1 aromatic carbocycles. The van der Waals surface area contributed by atoms with Gasteiger partial charge in [0.05, 0.1) is 16.6 Å². The summed E-state index contributed by atoms with van der Waals surface area (Å²) in [6.07, 6.45) is 7.99. The summed E-state index contributed by atoms with van der Waals surface area (Å²) in [5, 5.41) is 9.68. The third kappa shape index (κ3) is 6.94. The molecule has 1 amide bonds. The van der Waals surface area contributed by atoms with Gasteiger partial charge in [0.15, 0.2) is 5.82 Å². The Hall–Kier alpha value is -4.52. The summed E-state index contributed by atoms with van der Waals surface area (Å²) in [6.45, 7) is 12.3. The second kappa shape index (κ2) is 12.0. The van der Waals surface area contributed by atoms with Gasteiger partial charge >= 0.3 is 6.09 Å². The smallest absolute Gasteiger partial charge is 0.410 e. The van der Waals surface area contributed by atoms with Gasteiger partial charge in [-0.25, -0.2) is 32.7 Å². The summed E-state index contributed by atoms with van der Waals surface area (Å²) in [4.78, 5) is 27.9. The van der Waals surface area contributed by atoms with Crippen molar-refractivity contribution in [1.29, 1.82) is 0 Å². The number of likely N-dealkylation sites (tertiary alicyclic amines) is 1. The highest BCUT2D eigenvalue weighted by Gasteiger charge is 2.28. The minimum atomic E-state index is -3.77. The van der Waals surface area contributed by atoms with E-state index in [1.54, 1.807) is 21.7 Å². The highest BCUT2D eigenvalue weighted by atomic mass is 32.2. The molecule has 0 spiro atoms. The molecule has 0 bridgehead atoms. The van der Waals surface area contributed by atoms with Gasteiger partial charge in [0.1, 0.15) is 17.4 Å². The molecule has 4 heterocycles. The standard InChI is InChI=1S/C30H36N8O4S/c1-6-8-14-43(40,41)36-27-25-12-11-24(38(25)33-19-32-27)21-15-20(7-2)26-22(16-21)17-31-28(35-26)34-23-10-9-13-37(18-23)29(39)42-30(3,4)5/h6,8,11-12,14-17,19,23H,1,7,9-10,13,18H2,2-5H3,(H,31,34,35)(H,32,33,36)/b14-8-/t23-/m0/s1. The van der Waals surface area contributed by atoms with Crippen molar-refractivity contribution in [2.75, 3.05) is 23.1 Å². The number of hydrogen-bond donors (Lipinski definition) is 2. The van der Waals surface area contributed by atoms with Crippen LogP contribution in [0.15, 0.2) is 60.9 Å². The van der Waals surface area contributed by atoms with E-state index in [0.29, 0.717) is 24.6 Å². The summed E-state index contributed by atoms with van der Waals surface area (Å²) >= 11 is 0. The van der Waals surface area contributed by atoms with Crippen LogP contribution < -0.4 is 10.0 Å². The molecule has 4 aromatic rings. The number of amides is 1. The van der Waals surface area contributed by atoms with E-state index in [-0.39, 0.29) is 18.0 Å². The van der Waals surface area contributed by atoms with Crippen molar-refractivity contribution in [3.05, 3.63) is 66.5 Å². The van der Waals surface area contributed by atoms with Gasteiger partial charge in [-0.2, -0.15) is 5.10 Å². The molecule has 43 heavy (non-hydrogen) atoms. The Morgan fingerprint density at radius 2 is 2.05 bits per heavy atom. The van der Waals surface area contributed by atoms with E-state index in [0.717, 1.165) is 52.4 Å². The van der Waals surface area contributed by atoms with Crippen molar-refractivity contribution < 1.29 is 17.9 Å². The van der Waals surface area contributed by atoms with Gasteiger partial charge < -0.3 is 15.0 Å². The molecular weight excluding hydrogens is 568 g/mol. The molecule has 1 fully saturated rings. The quantitative estimate of drug-likeness (QED) is 0.261. The van der Waals surface area contributed by atoms with Crippen LogP contribution >= 0.6 is 0 Å². The normalized spacial score (nSPS) is 16.1. The lowest BCUT2D eigenvalue weighted by Crippen LogP contribution is -2.47. The zero-order chi connectivity index (χ0) is 30.8. The number of fused-ring (bicyclic) bond motifs is 2. The van der Waals surface area contributed by atoms with Gasteiger partial charge in [0.25, 0.3) is 10.0 Å².